The van der Waals surface area contributed by atoms with Crippen molar-refractivity contribution < 1.29 is 9.53 Å². The van der Waals surface area contributed by atoms with Crippen molar-refractivity contribution >= 4 is 44.8 Å². The van der Waals surface area contributed by atoms with Crippen molar-refractivity contribution in [1.82, 2.24) is 25.5 Å². The molecule has 0 radical (unpaired) electrons. The van der Waals surface area contributed by atoms with Gasteiger partial charge in [0, 0.05) is 12.2 Å². The van der Waals surface area contributed by atoms with Crippen molar-refractivity contribution in [2.45, 2.75) is 25.7 Å². The molecule has 0 aliphatic carbocycles. The van der Waals surface area contributed by atoms with Gasteiger partial charge >= 0.3 is 0 Å². The van der Waals surface area contributed by atoms with Gasteiger partial charge in [0.05, 0.1) is 28.3 Å². The number of para-hydroxylation sites is 1. The van der Waals surface area contributed by atoms with Gasteiger partial charge in [-0.3, -0.25) is 14.2 Å². The van der Waals surface area contributed by atoms with Crippen LogP contribution in [0.2, 0.25) is 0 Å². The fourth-order valence-corrected chi connectivity index (χ4v) is 6.00. The Morgan fingerprint density at radius 3 is 2.44 bits per heavy atom. The minimum absolute atomic E-state index is 0.118. The number of ether oxygens (including phenoxy) is 1. The molecule has 12 heteroatoms. The van der Waals surface area contributed by atoms with E-state index in [0.717, 1.165) is 75.5 Å². The number of thiophene rings is 1. The molecule has 11 nitrogen and oxygen atoms in total. The molecule has 43 heavy (non-hydrogen) atoms. The average molecular weight is 605 g/mol. The predicted octanol–water partition coefficient (Wildman–Crippen LogP) is 2.99. The van der Waals surface area contributed by atoms with Crippen LogP contribution >= 0.6 is 11.3 Å². The Morgan fingerprint density at radius 1 is 0.930 bits per heavy atom. The van der Waals surface area contributed by atoms with Crippen LogP contribution in [0.5, 0.6) is 5.75 Å². The lowest BCUT2D eigenvalue weighted by Crippen LogP contribution is -2.29. The van der Waals surface area contributed by atoms with Crippen molar-refractivity contribution in [2.75, 3.05) is 63.1 Å². The smallest absolute Gasteiger partial charge is 0.298 e. The number of nitrogens with two attached hydrogens (primary N) is 2. The Bertz CT molecular complexity index is 1570. The molecule has 1 aliphatic heterocycles. The van der Waals surface area contributed by atoms with E-state index in [2.05, 4.69) is 25.8 Å². The number of anilines is 3. The van der Waals surface area contributed by atoms with Crippen LogP contribution in [0, 0.1) is 0 Å². The number of carbonyl (C=O) groups excluding carboxylic acids is 1. The highest BCUT2D eigenvalue weighted by molar-refractivity contribution is 7.20. The summed E-state index contributed by atoms with van der Waals surface area (Å²) < 4.78 is 7.44. The molecular weight excluding hydrogens is 564 g/mol. The van der Waals surface area contributed by atoms with Crippen LogP contribution < -0.4 is 42.6 Å². The number of rotatable bonds is 15. The van der Waals surface area contributed by atoms with Crippen molar-refractivity contribution in [3.63, 3.8) is 0 Å². The first-order valence-electron chi connectivity index (χ1n) is 14.9. The van der Waals surface area contributed by atoms with Gasteiger partial charge in [0.25, 0.3) is 11.5 Å². The molecule has 0 spiro atoms. The number of benzene rings is 2. The molecule has 228 valence electrons. The van der Waals surface area contributed by atoms with E-state index in [1.165, 1.54) is 15.9 Å². The number of nitrogen functional groups attached to an aromatic ring is 1. The van der Waals surface area contributed by atoms with Gasteiger partial charge in [0.1, 0.15) is 17.2 Å². The van der Waals surface area contributed by atoms with E-state index in [4.69, 9.17) is 16.2 Å². The second kappa shape index (κ2) is 15.0. The lowest BCUT2D eigenvalue weighted by molar-refractivity contribution is 0.0957. The van der Waals surface area contributed by atoms with Crippen molar-refractivity contribution in [2.24, 2.45) is 5.73 Å². The first-order chi connectivity index (χ1) is 21.1. The van der Waals surface area contributed by atoms with Crippen LogP contribution in [0.3, 0.4) is 0 Å². The van der Waals surface area contributed by atoms with Crippen LogP contribution in [-0.4, -0.2) is 67.9 Å². The lowest BCUT2D eigenvalue weighted by atomic mass is 10.1. The molecule has 1 amide bonds. The van der Waals surface area contributed by atoms with Gasteiger partial charge in [-0.15, -0.1) is 11.3 Å². The Hall–Kier alpha value is -3.97. The van der Waals surface area contributed by atoms with Gasteiger partial charge < -0.3 is 37.1 Å². The maximum atomic E-state index is 13.3. The molecule has 0 atom stereocenters. The van der Waals surface area contributed by atoms with E-state index < -0.39 is 5.56 Å². The van der Waals surface area contributed by atoms with E-state index in [9.17, 15) is 9.59 Å². The second-order valence-corrected chi connectivity index (χ2v) is 11.4. The Morgan fingerprint density at radius 2 is 1.67 bits per heavy atom. The molecular formula is C31H40N8O3S. The standard InChI is InChI=1S/C31H40N8O3S/c32-12-6-15-34-13-4-5-14-35-16-7-17-36-29(40)27-21-25-30(43-27)37-28(33)31(41)39(25)23-10-11-26-24(20-23)38(18-19-42-26)22-8-2-1-3-9-22/h1-3,8-11,20-21,34-35H,4-7,12-19,32H2,(H2,33,37)(H,36,40). The van der Waals surface area contributed by atoms with Gasteiger partial charge in [0.15, 0.2) is 5.82 Å². The minimum Gasteiger partial charge on any atom is -0.490 e. The molecule has 0 saturated heterocycles. The number of hydrogen-bond donors (Lipinski definition) is 5. The zero-order chi connectivity index (χ0) is 30.0. The van der Waals surface area contributed by atoms with Crippen molar-refractivity contribution in [3.8, 4) is 11.4 Å². The number of nitrogens with one attached hydrogen (secondary N) is 3. The number of unbranched alkanes of at least 4 members (excludes halogenated alkanes) is 1. The number of fused-ring (bicyclic) bond motifs is 2. The zero-order valence-electron chi connectivity index (χ0n) is 24.3. The first-order valence-corrected chi connectivity index (χ1v) is 15.7. The molecule has 0 unspecified atom stereocenters. The van der Waals surface area contributed by atoms with Gasteiger partial charge in [-0.1, -0.05) is 18.2 Å². The third-order valence-corrected chi connectivity index (χ3v) is 8.28. The van der Waals surface area contributed by atoms with E-state index in [1.807, 2.05) is 48.5 Å². The quantitative estimate of drug-likeness (QED) is 0.129. The van der Waals surface area contributed by atoms with Crippen LogP contribution in [0.4, 0.5) is 17.2 Å². The summed E-state index contributed by atoms with van der Waals surface area (Å²) in [7, 11) is 0. The number of nitrogens with zero attached hydrogens (tertiary/aromatic N) is 3. The number of carbonyl (C=O) groups is 1. The molecule has 4 aromatic rings. The average Bonchev–Trinajstić information content (AvgIpc) is 3.45. The first kappa shape index (κ1) is 30.5. The van der Waals surface area contributed by atoms with E-state index >= 15 is 0 Å². The largest absolute Gasteiger partial charge is 0.490 e. The molecule has 0 saturated carbocycles. The van der Waals surface area contributed by atoms with Gasteiger partial charge in [-0.25, -0.2) is 4.98 Å². The summed E-state index contributed by atoms with van der Waals surface area (Å²) in [4.78, 5) is 33.8. The number of aromatic nitrogens is 2. The van der Waals surface area contributed by atoms with Crippen LogP contribution in [0.1, 0.15) is 35.4 Å². The maximum Gasteiger partial charge on any atom is 0.298 e. The number of amides is 1. The van der Waals surface area contributed by atoms with E-state index in [1.54, 1.807) is 6.07 Å². The van der Waals surface area contributed by atoms with E-state index in [-0.39, 0.29) is 11.7 Å². The van der Waals surface area contributed by atoms with Gasteiger partial charge in [-0.2, -0.15) is 0 Å². The van der Waals surface area contributed by atoms with Gasteiger partial charge in [0.2, 0.25) is 0 Å². The van der Waals surface area contributed by atoms with Crippen LogP contribution in [0.25, 0.3) is 16.0 Å². The van der Waals surface area contributed by atoms with E-state index in [0.29, 0.717) is 40.6 Å². The summed E-state index contributed by atoms with van der Waals surface area (Å²) in [5.74, 6) is 0.422. The van der Waals surface area contributed by atoms with Crippen molar-refractivity contribution in [1.29, 1.82) is 0 Å². The highest BCUT2D eigenvalue weighted by atomic mass is 32.1. The molecule has 2 aromatic heterocycles. The third kappa shape index (κ3) is 7.52. The minimum atomic E-state index is -0.433. The van der Waals surface area contributed by atoms with Crippen molar-refractivity contribution in [3.05, 3.63) is 69.8 Å². The molecule has 7 N–H and O–H groups in total. The summed E-state index contributed by atoms with van der Waals surface area (Å²) in [5.41, 5.74) is 14.2. The summed E-state index contributed by atoms with van der Waals surface area (Å²) in [6.07, 6.45) is 4.04. The summed E-state index contributed by atoms with van der Waals surface area (Å²) in [6.45, 7) is 6.26. The SMILES string of the molecule is NCCCNCCCCNCCCNC(=O)c1cc2c(nc(N)c(=O)n2-c2ccc3c(c2)N(c2ccccc2)CCO3)s1. The lowest BCUT2D eigenvalue weighted by Gasteiger charge is -2.31. The fraction of sp³-hybridized carbons (Fsp3) is 0.387. The summed E-state index contributed by atoms with van der Waals surface area (Å²) in [5, 5.41) is 9.79. The Balaban J connectivity index is 1.23. The highest BCUT2D eigenvalue weighted by Gasteiger charge is 2.22. The molecule has 5 rings (SSSR count). The normalized spacial score (nSPS) is 12.7. The molecule has 1 aliphatic rings. The topological polar surface area (TPSA) is 153 Å². The fourth-order valence-electron chi connectivity index (χ4n) is 5.06. The Kier molecular flexibility index (Phi) is 10.6. The highest BCUT2D eigenvalue weighted by Crippen LogP contribution is 2.38. The molecule has 3 heterocycles. The summed E-state index contributed by atoms with van der Waals surface area (Å²) >= 11 is 1.22. The molecule has 2 aromatic carbocycles. The number of hydrogen-bond acceptors (Lipinski definition) is 10. The third-order valence-electron chi connectivity index (χ3n) is 7.26. The molecule has 0 bridgehead atoms. The monoisotopic (exact) mass is 604 g/mol. The van der Waals surface area contributed by atoms with Crippen LogP contribution in [-0.2, 0) is 0 Å². The summed E-state index contributed by atoms with van der Waals surface area (Å²) in [6, 6.07) is 17.4. The maximum absolute atomic E-state index is 13.3. The zero-order valence-corrected chi connectivity index (χ0v) is 25.1. The van der Waals surface area contributed by atoms with Gasteiger partial charge in [-0.05, 0) is 94.8 Å². The predicted molar refractivity (Wildman–Crippen MR) is 174 cm³/mol. The second-order valence-electron chi connectivity index (χ2n) is 10.4. The molecule has 0 fully saturated rings. The Labute approximate surface area is 255 Å². The van der Waals surface area contributed by atoms with Crippen LogP contribution in [0.15, 0.2) is 59.4 Å².